The summed E-state index contributed by atoms with van der Waals surface area (Å²) in [4.78, 5) is 23.4. The van der Waals surface area contributed by atoms with E-state index in [0.717, 1.165) is 0 Å². The SMILES string of the molecule is Nc1cccc(C(=O)c2cnccn2)n1. The van der Waals surface area contributed by atoms with Crippen LogP contribution >= 0.6 is 0 Å². The van der Waals surface area contributed by atoms with Gasteiger partial charge < -0.3 is 5.73 Å². The van der Waals surface area contributed by atoms with Crippen LogP contribution in [-0.2, 0) is 0 Å². The van der Waals surface area contributed by atoms with Crippen LogP contribution in [0.4, 0.5) is 5.82 Å². The standard InChI is InChI=1S/C10H8N4O/c11-9-3-1-2-7(14-9)10(15)8-6-12-4-5-13-8/h1-6H,(H2,11,14). The molecule has 0 bridgehead atoms. The van der Waals surface area contributed by atoms with Gasteiger partial charge in [0, 0.05) is 12.4 Å². The molecule has 0 aromatic carbocycles. The van der Waals surface area contributed by atoms with Gasteiger partial charge in [-0.05, 0) is 12.1 Å². The fraction of sp³-hybridized carbons (Fsp3) is 0. The Morgan fingerprint density at radius 2 is 2.07 bits per heavy atom. The molecule has 0 amide bonds. The second kappa shape index (κ2) is 3.83. The first-order valence-corrected chi connectivity index (χ1v) is 4.30. The largest absolute Gasteiger partial charge is 0.384 e. The summed E-state index contributed by atoms with van der Waals surface area (Å²) in [6.07, 6.45) is 4.36. The first-order chi connectivity index (χ1) is 7.27. The maximum Gasteiger partial charge on any atom is 0.231 e. The molecule has 2 heterocycles. The first-order valence-electron chi connectivity index (χ1n) is 4.30. The van der Waals surface area contributed by atoms with Crippen molar-refractivity contribution in [2.75, 3.05) is 5.73 Å². The van der Waals surface area contributed by atoms with Crippen LogP contribution in [0.5, 0.6) is 0 Å². The van der Waals surface area contributed by atoms with E-state index in [0.29, 0.717) is 5.82 Å². The van der Waals surface area contributed by atoms with Crippen molar-refractivity contribution in [3.05, 3.63) is 48.2 Å². The zero-order valence-corrected chi connectivity index (χ0v) is 7.79. The zero-order chi connectivity index (χ0) is 10.7. The average molecular weight is 200 g/mol. The third-order valence-electron chi connectivity index (χ3n) is 1.80. The number of ketones is 1. The molecule has 2 rings (SSSR count). The topological polar surface area (TPSA) is 81.8 Å². The number of nitrogen functional groups attached to an aromatic ring is 1. The van der Waals surface area contributed by atoms with Crippen LogP contribution in [0.15, 0.2) is 36.8 Å². The Morgan fingerprint density at radius 3 is 2.73 bits per heavy atom. The predicted molar refractivity (Wildman–Crippen MR) is 54.1 cm³/mol. The highest BCUT2D eigenvalue weighted by Gasteiger charge is 2.11. The number of carbonyl (C=O) groups is 1. The van der Waals surface area contributed by atoms with E-state index in [9.17, 15) is 4.79 Å². The summed E-state index contributed by atoms with van der Waals surface area (Å²) in [7, 11) is 0. The monoisotopic (exact) mass is 200 g/mol. The number of nitrogens with zero attached hydrogens (tertiary/aromatic N) is 3. The van der Waals surface area contributed by atoms with Crippen LogP contribution in [0.1, 0.15) is 16.2 Å². The van der Waals surface area contributed by atoms with E-state index in [2.05, 4.69) is 15.0 Å². The first kappa shape index (κ1) is 9.26. The Kier molecular flexibility index (Phi) is 2.37. The number of hydrogen-bond acceptors (Lipinski definition) is 5. The molecule has 15 heavy (non-hydrogen) atoms. The molecule has 2 N–H and O–H groups in total. The highest BCUT2D eigenvalue weighted by Crippen LogP contribution is 2.05. The molecule has 5 heteroatoms. The van der Waals surface area contributed by atoms with Gasteiger partial charge in [0.25, 0.3) is 0 Å². The lowest BCUT2D eigenvalue weighted by molar-refractivity contribution is 0.102. The molecule has 5 nitrogen and oxygen atoms in total. The zero-order valence-electron chi connectivity index (χ0n) is 7.79. The summed E-state index contributed by atoms with van der Waals surface area (Å²) < 4.78 is 0. The highest BCUT2D eigenvalue weighted by atomic mass is 16.1. The second-order valence-corrected chi connectivity index (χ2v) is 2.87. The van der Waals surface area contributed by atoms with Gasteiger partial charge in [0.15, 0.2) is 0 Å². The van der Waals surface area contributed by atoms with Gasteiger partial charge in [-0.2, -0.15) is 0 Å². The summed E-state index contributed by atoms with van der Waals surface area (Å²) in [5.41, 5.74) is 6.01. The molecule has 0 saturated heterocycles. The Labute approximate surface area is 86.0 Å². The van der Waals surface area contributed by atoms with Crippen LogP contribution in [-0.4, -0.2) is 20.7 Å². The van der Waals surface area contributed by atoms with E-state index in [-0.39, 0.29) is 17.2 Å². The summed E-state index contributed by atoms with van der Waals surface area (Å²) in [5.74, 6) is 0.0279. The van der Waals surface area contributed by atoms with Gasteiger partial charge in [0.05, 0.1) is 6.20 Å². The van der Waals surface area contributed by atoms with E-state index in [1.165, 1.54) is 18.6 Å². The summed E-state index contributed by atoms with van der Waals surface area (Å²) >= 11 is 0. The van der Waals surface area contributed by atoms with Crippen molar-refractivity contribution in [1.82, 2.24) is 15.0 Å². The molecule has 0 aliphatic rings. The molecular weight excluding hydrogens is 192 g/mol. The van der Waals surface area contributed by atoms with Gasteiger partial charge in [-0.25, -0.2) is 9.97 Å². The van der Waals surface area contributed by atoms with Gasteiger partial charge in [-0.3, -0.25) is 9.78 Å². The minimum Gasteiger partial charge on any atom is -0.384 e. The van der Waals surface area contributed by atoms with E-state index in [1.54, 1.807) is 18.2 Å². The van der Waals surface area contributed by atoms with Crippen molar-refractivity contribution in [3.63, 3.8) is 0 Å². The van der Waals surface area contributed by atoms with Crippen molar-refractivity contribution in [2.24, 2.45) is 0 Å². The lowest BCUT2D eigenvalue weighted by Gasteiger charge is -1.99. The van der Waals surface area contributed by atoms with Crippen LogP contribution in [0, 0.1) is 0 Å². The molecule has 0 aliphatic carbocycles. The minimum absolute atomic E-state index is 0.260. The van der Waals surface area contributed by atoms with Crippen LogP contribution in [0.2, 0.25) is 0 Å². The lowest BCUT2D eigenvalue weighted by atomic mass is 10.2. The lowest BCUT2D eigenvalue weighted by Crippen LogP contribution is -2.07. The molecule has 0 aliphatic heterocycles. The molecule has 0 unspecified atom stereocenters. The number of hydrogen-bond donors (Lipinski definition) is 1. The summed E-state index contributed by atoms with van der Waals surface area (Å²) in [6.45, 7) is 0. The summed E-state index contributed by atoms with van der Waals surface area (Å²) in [6, 6.07) is 4.88. The van der Waals surface area contributed by atoms with Gasteiger partial charge in [0.2, 0.25) is 5.78 Å². The molecule has 0 atom stereocenters. The normalized spacial score (nSPS) is 9.87. The number of nitrogens with two attached hydrogens (primary N) is 1. The van der Waals surface area contributed by atoms with Gasteiger partial charge in [-0.1, -0.05) is 6.07 Å². The number of aromatic nitrogens is 3. The van der Waals surface area contributed by atoms with Crippen LogP contribution in [0.3, 0.4) is 0 Å². The van der Waals surface area contributed by atoms with Crippen LogP contribution < -0.4 is 5.73 Å². The second-order valence-electron chi connectivity index (χ2n) is 2.87. The third kappa shape index (κ3) is 1.96. The quantitative estimate of drug-likeness (QED) is 0.721. The number of anilines is 1. The Bertz CT molecular complexity index is 484. The van der Waals surface area contributed by atoms with Crippen molar-refractivity contribution in [1.29, 1.82) is 0 Å². The molecule has 74 valence electrons. The van der Waals surface area contributed by atoms with Gasteiger partial charge in [-0.15, -0.1) is 0 Å². The van der Waals surface area contributed by atoms with Gasteiger partial charge >= 0.3 is 0 Å². The van der Waals surface area contributed by atoms with Crippen molar-refractivity contribution < 1.29 is 4.79 Å². The molecule has 0 spiro atoms. The van der Waals surface area contributed by atoms with Crippen molar-refractivity contribution >= 4 is 11.6 Å². The van der Waals surface area contributed by atoms with Gasteiger partial charge in [0.1, 0.15) is 17.2 Å². The maximum absolute atomic E-state index is 11.8. The van der Waals surface area contributed by atoms with E-state index < -0.39 is 0 Å². The molecule has 2 aromatic heterocycles. The molecule has 0 fully saturated rings. The van der Waals surface area contributed by atoms with E-state index in [1.807, 2.05) is 0 Å². The van der Waals surface area contributed by atoms with E-state index in [4.69, 9.17) is 5.73 Å². The molecule has 2 aromatic rings. The molecule has 0 saturated carbocycles. The number of pyridine rings is 1. The molecular formula is C10H8N4O. The maximum atomic E-state index is 11.8. The fourth-order valence-corrected chi connectivity index (χ4v) is 1.13. The van der Waals surface area contributed by atoms with Crippen molar-refractivity contribution in [2.45, 2.75) is 0 Å². The van der Waals surface area contributed by atoms with Crippen molar-refractivity contribution in [3.8, 4) is 0 Å². The van der Waals surface area contributed by atoms with E-state index >= 15 is 0 Å². The Balaban J connectivity index is 2.37. The smallest absolute Gasteiger partial charge is 0.231 e. The number of rotatable bonds is 2. The predicted octanol–water partition coefficient (Wildman–Crippen LogP) is 0.685. The molecule has 0 radical (unpaired) electrons. The number of carbonyl (C=O) groups excluding carboxylic acids is 1. The Morgan fingerprint density at radius 1 is 1.20 bits per heavy atom. The minimum atomic E-state index is -0.282. The van der Waals surface area contributed by atoms with Crippen LogP contribution in [0.25, 0.3) is 0 Å². The summed E-state index contributed by atoms with van der Waals surface area (Å²) in [5, 5.41) is 0. The third-order valence-corrected chi connectivity index (χ3v) is 1.80. The Hall–Kier alpha value is -2.30. The average Bonchev–Trinajstić information content (AvgIpc) is 2.29. The fourth-order valence-electron chi connectivity index (χ4n) is 1.13. The highest BCUT2D eigenvalue weighted by molar-refractivity contribution is 6.06.